The lowest BCUT2D eigenvalue weighted by atomic mass is 10.1. The van der Waals surface area contributed by atoms with Gasteiger partial charge in [-0.2, -0.15) is 15.0 Å². The Morgan fingerprint density at radius 2 is 1.86 bits per heavy atom. The van der Waals surface area contributed by atoms with Crippen LogP contribution in [-0.2, 0) is 0 Å². The smallest absolute Gasteiger partial charge is 0.243 e. The summed E-state index contributed by atoms with van der Waals surface area (Å²) in [5.41, 5.74) is 2.52. The monoisotopic (exact) mass is 294 g/mol. The first kappa shape index (κ1) is 15.7. The molecule has 8 heteroatoms. The van der Waals surface area contributed by atoms with Crippen molar-refractivity contribution in [3.8, 4) is 0 Å². The molecule has 0 atom stereocenters. The van der Waals surface area contributed by atoms with Gasteiger partial charge in [-0.15, -0.1) is 0 Å². The standard InChI is InChI=1S/C13H26N8/c1-3-20(2)10-7-15-11-16-12(19-14)18-13(17-11)21-8-5-4-6-9-21/h3-10,14H2,1-2H3,(H2,15,16,17,18,19). The molecular formula is C13H26N8. The summed E-state index contributed by atoms with van der Waals surface area (Å²) in [6, 6.07) is 0. The number of nitrogens with zero attached hydrogens (tertiary/aromatic N) is 5. The molecule has 21 heavy (non-hydrogen) atoms. The van der Waals surface area contributed by atoms with Gasteiger partial charge in [0.15, 0.2) is 0 Å². The first-order chi connectivity index (χ1) is 10.2. The summed E-state index contributed by atoms with van der Waals surface area (Å²) in [5, 5.41) is 3.24. The van der Waals surface area contributed by atoms with E-state index >= 15 is 0 Å². The molecule has 1 aliphatic heterocycles. The number of anilines is 3. The number of hydrogen-bond acceptors (Lipinski definition) is 8. The average molecular weight is 294 g/mol. The van der Waals surface area contributed by atoms with Crippen LogP contribution in [-0.4, -0.2) is 59.6 Å². The molecule has 1 saturated heterocycles. The van der Waals surface area contributed by atoms with Gasteiger partial charge in [0, 0.05) is 26.2 Å². The largest absolute Gasteiger partial charge is 0.353 e. The molecule has 1 aliphatic rings. The third-order valence-corrected chi connectivity index (χ3v) is 3.71. The molecule has 0 unspecified atom stereocenters. The molecule has 0 aliphatic carbocycles. The van der Waals surface area contributed by atoms with Gasteiger partial charge in [-0.25, -0.2) is 5.84 Å². The molecule has 4 N–H and O–H groups in total. The number of rotatable bonds is 7. The van der Waals surface area contributed by atoms with E-state index in [2.05, 4.69) is 49.5 Å². The number of nitrogens with one attached hydrogen (secondary N) is 2. The van der Waals surface area contributed by atoms with Crippen LogP contribution in [0.3, 0.4) is 0 Å². The van der Waals surface area contributed by atoms with E-state index < -0.39 is 0 Å². The van der Waals surface area contributed by atoms with Crippen molar-refractivity contribution in [3.63, 3.8) is 0 Å². The van der Waals surface area contributed by atoms with Crippen LogP contribution in [0.5, 0.6) is 0 Å². The van der Waals surface area contributed by atoms with Crippen molar-refractivity contribution >= 4 is 17.8 Å². The molecule has 0 amide bonds. The lowest BCUT2D eigenvalue weighted by molar-refractivity contribution is 0.367. The van der Waals surface area contributed by atoms with Crippen molar-refractivity contribution < 1.29 is 0 Å². The van der Waals surface area contributed by atoms with Gasteiger partial charge in [-0.1, -0.05) is 6.92 Å². The molecular weight excluding hydrogens is 268 g/mol. The zero-order valence-corrected chi connectivity index (χ0v) is 13.0. The molecule has 118 valence electrons. The summed E-state index contributed by atoms with van der Waals surface area (Å²) in [6.45, 7) is 6.86. The highest BCUT2D eigenvalue weighted by Gasteiger charge is 2.15. The summed E-state index contributed by atoms with van der Waals surface area (Å²) >= 11 is 0. The van der Waals surface area contributed by atoms with Crippen LogP contribution in [0.1, 0.15) is 26.2 Å². The molecule has 0 aromatic carbocycles. The maximum atomic E-state index is 5.46. The summed E-state index contributed by atoms with van der Waals surface area (Å²) in [7, 11) is 2.08. The normalized spacial score (nSPS) is 15.3. The Kier molecular flexibility index (Phi) is 5.94. The third kappa shape index (κ3) is 4.68. The minimum atomic E-state index is 0.400. The summed E-state index contributed by atoms with van der Waals surface area (Å²) in [6.07, 6.45) is 3.64. The van der Waals surface area contributed by atoms with Gasteiger partial charge in [0.1, 0.15) is 0 Å². The summed E-state index contributed by atoms with van der Waals surface area (Å²) < 4.78 is 0. The fraction of sp³-hybridized carbons (Fsp3) is 0.769. The topological polar surface area (TPSA) is 95.2 Å². The fourth-order valence-corrected chi connectivity index (χ4v) is 2.26. The zero-order chi connectivity index (χ0) is 15.1. The SMILES string of the molecule is CCN(C)CCNc1nc(NN)nc(N2CCCCC2)n1. The predicted molar refractivity (Wildman–Crippen MR) is 85.4 cm³/mol. The second-order valence-electron chi connectivity index (χ2n) is 5.30. The minimum absolute atomic E-state index is 0.400. The molecule has 0 saturated carbocycles. The number of aromatic nitrogens is 3. The second kappa shape index (κ2) is 7.94. The van der Waals surface area contributed by atoms with Crippen molar-refractivity contribution in [1.29, 1.82) is 0 Å². The van der Waals surface area contributed by atoms with Crippen molar-refractivity contribution in [1.82, 2.24) is 19.9 Å². The van der Waals surface area contributed by atoms with E-state index in [0.717, 1.165) is 32.7 Å². The summed E-state index contributed by atoms with van der Waals surface area (Å²) in [4.78, 5) is 17.5. The van der Waals surface area contributed by atoms with Crippen LogP contribution in [0.15, 0.2) is 0 Å². The van der Waals surface area contributed by atoms with Crippen molar-refractivity contribution in [2.45, 2.75) is 26.2 Å². The highest BCUT2D eigenvalue weighted by atomic mass is 15.4. The Labute approximate surface area is 126 Å². The lowest BCUT2D eigenvalue weighted by Gasteiger charge is -2.27. The van der Waals surface area contributed by atoms with Gasteiger partial charge >= 0.3 is 0 Å². The van der Waals surface area contributed by atoms with E-state index in [1.807, 2.05) is 0 Å². The van der Waals surface area contributed by atoms with Crippen LogP contribution in [0.2, 0.25) is 0 Å². The quantitative estimate of drug-likeness (QED) is 0.494. The Balaban J connectivity index is 2.02. The van der Waals surface area contributed by atoms with Crippen LogP contribution in [0.4, 0.5) is 17.8 Å². The van der Waals surface area contributed by atoms with Crippen molar-refractivity contribution in [3.05, 3.63) is 0 Å². The highest BCUT2D eigenvalue weighted by Crippen LogP contribution is 2.18. The molecule has 0 bridgehead atoms. The van der Waals surface area contributed by atoms with Crippen LogP contribution < -0.4 is 21.5 Å². The van der Waals surface area contributed by atoms with E-state index in [9.17, 15) is 0 Å². The average Bonchev–Trinajstić information content (AvgIpc) is 2.55. The summed E-state index contributed by atoms with van der Waals surface area (Å²) in [5.74, 6) is 7.13. The van der Waals surface area contributed by atoms with Crippen LogP contribution in [0, 0.1) is 0 Å². The van der Waals surface area contributed by atoms with Crippen LogP contribution >= 0.6 is 0 Å². The van der Waals surface area contributed by atoms with E-state index in [4.69, 9.17) is 5.84 Å². The molecule has 0 spiro atoms. The lowest BCUT2D eigenvalue weighted by Crippen LogP contribution is -2.32. The van der Waals surface area contributed by atoms with Gasteiger partial charge in [-0.05, 0) is 32.9 Å². The molecule has 0 radical (unpaired) electrons. The molecule has 2 rings (SSSR count). The highest BCUT2D eigenvalue weighted by molar-refractivity contribution is 5.43. The Hall–Kier alpha value is -1.67. The molecule has 1 fully saturated rings. The maximum Gasteiger partial charge on any atom is 0.243 e. The van der Waals surface area contributed by atoms with Gasteiger partial charge < -0.3 is 15.1 Å². The van der Waals surface area contributed by atoms with E-state index in [1.165, 1.54) is 19.3 Å². The number of hydrogen-bond donors (Lipinski definition) is 3. The van der Waals surface area contributed by atoms with Crippen molar-refractivity contribution in [2.75, 3.05) is 55.4 Å². The first-order valence-corrected chi connectivity index (χ1v) is 7.63. The Bertz CT molecular complexity index is 432. The predicted octanol–water partition coefficient (Wildman–Crippen LogP) is 0.511. The molecule has 1 aromatic rings. The third-order valence-electron chi connectivity index (χ3n) is 3.71. The number of hydrazine groups is 1. The van der Waals surface area contributed by atoms with E-state index in [1.54, 1.807) is 0 Å². The van der Waals surface area contributed by atoms with Gasteiger partial charge in [0.2, 0.25) is 17.8 Å². The Morgan fingerprint density at radius 1 is 1.14 bits per heavy atom. The molecule has 8 nitrogen and oxygen atoms in total. The Morgan fingerprint density at radius 3 is 2.52 bits per heavy atom. The number of piperidine rings is 1. The van der Waals surface area contributed by atoms with Crippen LogP contribution in [0.25, 0.3) is 0 Å². The first-order valence-electron chi connectivity index (χ1n) is 7.63. The van der Waals surface area contributed by atoms with Gasteiger partial charge in [0.25, 0.3) is 0 Å². The number of nitrogen functional groups attached to an aromatic ring is 1. The van der Waals surface area contributed by atoms with Crippen molar-refractivity contribution in [2.24, 2.45) is 5.84 Å². The molecule has 1 aromatic heterocycles. The number of likely N-dealkylation sites (N-methyl/N-ethyl adjacent to an activating group) is 1. The van der Waals surface area contributed by atoms with Gasteiger partial charge in [0.05, 0.1) is 0 Å². The van der Waals surface area contributed by atoms with E-state index in [-0.39, 0.29) is 0 Å². The maximum absolute atomic E-state index is 5.46. The fourth-order valence-electron chi connectivity index (χ4n) is 2.26. The van der Waals surface area contributed by atoms with E-state index in [0.29, 0.717) is 17.8 Å². The van der Waals surface area contributed by atoms with Gasteiger partial charge in [-0.3, -0.25) is 5.43 Å². The molecule has 2 heterocycles. The number of nitrogens with two attached hydrogens (primary N) is 1. The second-order valence-corrected chi connectivity index (χ2v) is 5.30. The zero-order valence-electron chi connectivity index (χ0n) is 13.0. The minimum Gasteiger partial charge on any atom is -0.353 e.